The van der Waals surface area contributed by atoms with E-state index in [1.54, 1.807) is 4.90 Å². The Bertz CT molecular complexity index is 517. The van der Waals surface area contributed by atoms with Crippen LogP contribution in [0.1, 0.15) is 23.2 Å². The highest BCUT2D eigenvalue weighted by Crippen LogP contribution is 2.32. The number of aromatic nitrogens is 1. The summed E-state index contributed by atoms with van der Waals surface area (Å²) in [7, 11) is 0. The van der Waals surface area contributed by atoms with Crippen molar-refractivity contribution in [2.45, 2.75) is 18.8 Å². The number of amides is 1. The van der Waals surface area contributed by atoms with E-state index in [9.17, 15) is 13.6 Å². The number of anilines is 1. The quantitative estimate of drug-likeness (QED) is 0.612. The van der Waals surface area contributed by atoms with Crippen LogP contribution in [0.2, 0.25) is 5.15 Å². The van der Waals surface area contributed by atoms with Crippen molar-refractivity contribution >= 4 is 45.9 Å². The predicted molar refractivity (Wildman–Crippen MR) is 76.9 cm³/mol. The van der Waals surface area contributed by atoms with Gasteiger partial charge >= 0.3 is 0 Å². The summed E-state index contributed by atoms with van der Waals surface area (Å²) in [5, 5.41) is 0.234. The van der Waals surface area contributed by atoms with Gasteiger partial charge in [0, 0.05) is 25.9 Å². The number of hydrogen-bond acceptors (Lipinski definition) is 3. The van der Waals surface area contributed by atoms with Crippen molar-refractivity contribution in [3.8, 4) is 0 Å². The average molecular weight is 402 g/mol. The van der Waals surface area contributed by atoms with E-state index in [2.05, 4.69) is 4.98 Å². The molecule has 0 aliphatic carbocycles. The molecule has 0 spiro atoms. The van der Waals surface area contributed by atoms with Gasteiger partial charge in [-0.1, -0.05) is 11.6 Å². The first-order chi connectivity index (χ1) is 8.80. The predicted octanol–water partition coefficient (Wildman–Crippen LogP) is 2.67. The van der Waals surface area contributed by atoms with Crippen molar-refractivity contribution in [3.05, 3.63) is 20.4 Å². The molecule has 0 aromatic carbocycles. The molecular formula is C11H11ClF2IN3O. The van der Waals surface area contributed by atoms with Crippen molar-refractivity contribution in [1.82, 2.24) is 4.98 Å². The zero-order valence-corrected chi connectivity index (χ0v) is 12.7. The van der Waals surface area contributed by atoms with E-state index in [4.69, 9.17) is 17.3 Å². The summed E-state index contributed by atoms with van der Waals surface area (Å²) in [5.41, 5.74) is 5.50. The molecule has 104 valence electrons. The Morgan fingerprint density at radius 2 is 2.05 bits per heavy atom. The third-order valence-electron chi connectivity index (χ3n) is 2.97. The molecular weight excluding hydrogens is 390 g/mol. The van der Waals surface area contributed by atoms with Gasteiger partial charge in [-0.2, -0.15) is 0 Å². The lowest BCUT2D eigenvalue weighted by molar-refractivity contribution is -0.0221. The van der Waals surface area contributed by atoms with Gasteiger partial charge in [0.1, 0.15) is 11.0 Å². The molecule has 1 saturated heterocycles. The van der Waals surface area contributed by atoms with Crippen LogP contribution in [0, 0.1) is 3.57 Å². The molecule has 0 unspecified atom stereocenters. The van der Waals surface area contributed by atoms with Gasteiger partial charge in [0.05, 0.1) is 9.13 Å². The first kappa shape index (κ1) is 14.7. The average Bonchev–Trinajstić information content (AvgIpc) is 2.32. The van der Waals surface area contributed by atoms with E-state index in [0.29, 0.717) is 3.57 Å². The van der Waals surface area contributed by atoms with Gasteiger partial charge in [0.25, 0.3) is 11.8 Å². The summed E-state index contributed by atoms with van der Waals surface area (Å²) in [4.78, 5) is 17.1. The number of nitrogens with zero attached hydrogens (tertiary/aromatic N) is 2. The van der Waals surface area contributed by atoms with Crippen molar-refractivity contribution in [3.63, 3.8) is 0 Å². The maximum Gasteiger partial charge on any atom is 0.252 e. The van der Waals surface area contributed by atoms with E-state index in [1.807, 2.05) is 22.6 Å². The minimum Gasteiger partial charge on any atom is -0.365 e. The van der Waals surface area contributed by atoms with E-state index in [-0.39, 0.29) is 42.5 Å². The number of halogens is 4. The Morgan fingerprint density at radius 1 is 1.47 bits per heavy atom. The molecule has 0 saturated carbocycles. The second kappa shape index (κ2) is 5.35. The number of carbonyl (C=O) groups excluding carboxylic acids is 1. The highest BCUT2D eigenvalue weighted by molar-refractivity contribution is 14.1. The molecule has 2 N–H and O–H groups in total. The van der Waals surface area contributed by atoms with Crippen LogP contribution in [-0.4, -0.2) is 29.9 Å². The van der Waals surface area contributed by atoms with Crippen LogP contribution in [0.15, 0.2) is 6.07 Å². The highest BCUT2D eigenvalue weighted by atomic mass is 127. The molecule has 0 bridgehead atoms. The Balaban J connectivity index is 2.34. The molecule has 4 nitrogen and oxygen atoms in total. The third-order valence-corrected chi connectivity index (χ3v) is 4.40. The minimum absolute atomic E-state index is 0.122. The van der Waals surface area contributed by atoms with Crippen molar-refractivity contribution in [2.24, 2.45) is 5.73 Å². The SMILES string of the molecule is NC(=O)c1cc(I)c(Cl)nc1N1CCC(F)(F)CC1. The first-order valence-corrected chi connectivity index (χ1v) is 7.04. The molecule has 2 rings (SSSR count). The summed E-state index contributed by atoms with van der Waals surface area (Å²) in [6, 6.07) is 1.53. The molecule has 19 heavy (non-hydrogen) atoms. The van der Waals surface area contributed by atoms with Gasteiger partial charge in [-0.15, -0.1) is 0 Å². The highest BCUT2D eigenvalue weighted by Gasteiger charge is 2.35. The summed E-state index contributed by atoms with van der Waals surface area (Å²) in [5.74, 6) is -3.01. The Morgan fingerprint density at radius 3 is 2.58 bits per heavy atom. The lowest BCUT2D eigenvalue weighted by atomic mass is 10.1. The number of hydrogen-bond donors (Lipinski definition) is 1. The van der Waals surface area contributed by atoms with Crippen molar-refractivity contribution < 1.29 is 13.6 Å². The summed E-state index contributed by atoms with van der Waals surface area (Å²) in [6.07, 6.45) is -0.535. The number of nitrogens with two attached hydrogens (primary N) is 1. The van der Waals surface area contributed by atoms with Gasteiger partial charge < -0.3 is 10.6 Å². The van der Waals surface area contributed by atoms with Crippen LogP contribution in [-0.2, 0) is 0 Å². The molecule has 8 heteroatoms. The first-order valence-electron chi connectivity index (χ1n) is 5.59. The molecule has 2 heterocycles. The molecule has 1 aromatic rings. The molecule has 0 atom stereocenters. The molecule has 0 radical (unpaired) electrons. The van der Waals surface area contributed by atoms with Crippen LogP contribution >= 0.6 is 34.2 Å². The maximum atomic E-state index is 13.1. The number of pyridine rings is 1. The fourth-order valence-electron chi connectivity index (χ4n) is 1.93. The van der Waals surface area contributed by atoms with Crippen molar-refractivity contribution in [2.75, 3.05) is 18.0 Å². The fraction of sp³-hybridized carbons (Fsp3) is 0.455. The van der Waals surface area contributed by atoms with Crippen molar-refractivity contribution in [1.29, 1.82) is 0 Å². The van der Waals surface area contributed by atoms with Crippen LogP contribution in [0.5, 0.6) is 0 Å². The lowest BCUT2D eigenvalue weighted by Crippen LogP contribution is -2.40. The van der Waals surface area contributed by atoms with Gasteiger partial charge in [0.2, 0.25) is 0 Å². The van der Waals surface area contributed by atoms with E-state index < -0.39 is 11.8 Å². The summed E-state index contributed by atoms with van der Waals surface area (Å²) < 4.78 is 26.9. The van der Waals surface area contributed by atoms with Gasteiger partial charge in [-0.25, -0.2) is 13.8 Å². The number of rotatable bonds is 2. The lowest BCUT2D eigenvalue weighted by Gasteiger charge is -2.33. The van der Waals surface area contributed by atoms with Gasteiger partial charge in [-0.05, 0) is 28.7 Å². The number of primary amides is 1. The van der Waals surface area contributed by atoms with Crippen LogP contribution in [0.4, 0.5) is 14.6 Å². The Labute approximate surface area is 127 Å². The smallest absolute Gasteiger partial charge is 0.252 e. The fourth-order valence-corrected chi connectivity index (χ4v) is 2.49. The zero-order valence-electron chi connectivity index (χ0n) is 9.80. The van der Waals surface area contributed by atoms with Gasteiger partial charge in [-0.3, -0.25) is 4.79 Å². The molecule has 1 amide bonds. The second-order valence-corrected chi connectivity index (χ2v) is 5.86. The third kappa shape index (κ3) is 3.25. The van der Waals surface area contributed by atoms with E-state index in [1.165, 1.54) is 6.07 Å². The maximum absolute atomic E-state index is 13.1. The summed E-state index contributed by atoms with van der Waals surface area (Å²) >= 11 is 7.86. The molecule has 1 aliphatic rings. The monoisotopic (exact) mass is 401 g/mol. The molecule has 1 aliphatic heterocycles. The van der Waals surface area contributed by atoms with Gasteiger partial charge in [0.15, 0.2) is 0 Å². The second-order valence-electron chi connectivity index (χ2n) is 4.34. The molecule has 1 fully saturated rings. The minimum atomic E-state index is -2.66. The van der Waals surface area contributed by atoms with E-state index >= 15 is 0 Å². The normalized spacial score (nSPS) is 18.4. The van der Waals surface area contributed by atoms with Crippen LogP contribution in [0.25, 0.3) is 0 Å². The standard InChI is InChI=1S/C11H11ClF2IN3O/c12-8-7(15)5-6(9(16)19)10(17-8)18-3-1-11(13,14)2-4-18/h5H,1-4H2,(H2,16,19). The molecule has 1 aromatic heterocycles. The zero-order chi connectivity index (χ0) is 14.2. The van der Waals surface area contributed by atoms with E-state index in [0.717, 1.165) is 0 Å². The number of piperidine rings is 1. The largest absolute Gasteiger partial charge is 0.365 e. The van der Waals surface area contributed by atoms with Crippen LogP contribution in [0.3, 0.4) is 0 Å². The summed E-state index contributed by atoms with van der Waals surface area (Å²) in [6.45, 7) is 0.244. The Kier molecular flexibility index (Phi) is 4.14. The topological polar surface area (TPSA) is 59.2 Å². The van der Waals surface area contributed by atoms with Crippen LogP contribution < -0.4 is 10.6 Å². The number of carbonyl (C=O) groups is 1. The Hall–Kier alpha value is -0.700. The number of alkyl halides is 2.